The van der Waals surface area contributed by atoms with Crippen LogP contribution in [0, 0.1) is 0 Å². The Labute approximate surface area is 126 Å². The number of anilines is 1. The fraction of sp³-hybridized carbons (Fsp3) is 0.0667. The van der Waals surface area contributed by atoms with Gasteiger partial charge in [-0.2, -0.15) is 4.98 Å². The third-order valence-electron chi connectivity index (χ3n) is 3.00. The minimum Gasteiger partial charge on any atom is -0.506 e. The van der Waals surface area contributed by atoms with Crippen LogP contribution in [0.25, 0.3) is 11.5 Å². The molecule has 0 saturated heterocycles. The highest BCUT2D eigenvalue weighted by molar-refractivity contribution is 6.30. The summed E-state index contributed by atoms with van der Waals surface area (Å²) < 4.78 is 5.20. The molecule has 6 heteroatoms. The monoisotopic (exact) mass is 301 g/mol. The van der Waals surface area contributed by atoms with Crippen LogP contribution in [0.5, 0.6) is 5.75 Å². The summed E-state index contributed by atoms with van der Waals surface area (Å²) in [6.45, 7) is 0. The molecule has 3 aromatic rings. The molecule has 0 aliphatic rings. The Kier molecular flexibility index (Phi) is 3.50. The van der Waals surface area contributed by atoms with Gasteiger partial charge in [-0.05, 0) is 35.9 Å². The number of nitrogens with two attached hydrogens (primary N) is 1. The van der Waals surface area contributed by atoms with E-state index in [0.29, 0.717) is 34.4 Å². The van der Waals surface area contributed by atoms with E-state index in [1.54, 1.807) is 12.1 Å². The van der Waals surface area contributed by atoms with Gasteiger partial charge in [0.2, 0.25) is 0 Å². The van der Waals surface area contributed by atoms with E-state index < -0.39 is 0 Å². The van der Waals surface area contributed by atoms with E-state index in [4.69, 9.17) is 21.9 Å². The van der Waals surface area contributed by atoms with E-state index in [-0.39, 0.29) is 5.75 Å². The molecule has 0 fully saturated rings. The first kappa shape index (κ1) is 13.5. The van der Waals surface area contributed by atoms with Crippen molar-refractivity contribution in [1.29, 1.82) is 0 Å². The van der Waals surface area contributed by atoms with Crippen LogP contribution in [-0.2, 0) is 6.42 Å². The first-order chi connectivity index (χ1) is 10.1. The van der Waals surface area contributed by atoms with Gasteiger partial charge in [-0.3, -0.25) is 0 Å². The summed E-state index contributed by atoms with van der Waals surface area (Å²) in [4.78, 5) is 4.30. The first-order valence-electron chi connectivity index (χ1n) is 6.28. The number of hydrogen-bond donors (Lipinski definition) is 2. The smallest absolute Gasteiger partial charge is 0.258 e. The lowest BCUT2D eigenvalue weighted by molar-refractivity contribution is 0.423. The standard InChI is InChI=1S/C15H12ClN3O2/c16-11-3-1-2-9(6-11)7-14-18-15(21-19-14)10-4-5-12(17)13(20)8-10/h1-6,8,20H,7,17H2. The third kappa shape index (κ3) is 2.98. The lowest BCUT2D eigenvalue weighted by Crippen LogP contribution is -1.91. The second kappa shape index (κ2) is 5.46. The van der Waals surface area contributed by atoms with E-state index in [2.05, 4.69) is 10.1 Å². The molecule has 0 spiro atoms. The van der Waals surface area contributed by atoms with E-state index in [9.17, 15) is 5.11 Å². The largest absolute Gasteiger partial charge is 0.506 e. The number of hydrogen-bond acceptors (Lipinski definition) is 5. The van der Waals surface area contributed by atoms with Crippen molar-refractivity contribution in [3.05, 3.63) is 58.9 Å². The van der Waals surface area contributed by atoms with Crippen LogP contribution in [0.4, 0.5) is 5.69 Å². The van der Waals surface area contributed by atoms with Crippen molar-refractivity contribution in [3.8, 4) is 17.2 Å². The highest BCUT2D eigenvalue weighted by Crippen LogP contribution is 2.27. The second-order valence-corrected chi connectivity index (χ2v) is 5.03. The van der Waals surface area contributed by atoms with Crippen molar-refractivity contribution in [3.63, 3.8) is 0 Å². The predicted octanol–water partition coefficient (Wildman–Crippen LogP) is 3.27. The van der Waals surface area contributed by atoms with Gasteiger partial charge in [0.15, 0.2) is 5.82 Å². The Morgan fingerprint density at radius 3 is 2.81 bits per heavy atom. The van der Waals surface area contributed by atoms with Gasteiger partial charge in [-0.1, -0.05) is 28.9 Å². The summed E-state index contributed by atoms with van der Waals surface area (Å²) >= 11 is 5.94. The number of aromatic hydroxyl groups is 1. The zero-order valence-corrected chi connectivity index (χ0v) is 11.7. The molecule has 0 atom stereocenters. The maximum absolute atomic E-state index is 9.60. The number of nitrogens with zero attached hydrogens (tertiary/aromatic N) is 2. The Morgan fingerprint density at radius 1 is 1.19 bits per heavy atom. The molecule has 0 unspecified atom stereocenters. The van der Waals surface area contributed by atoms with Crippen LogP contribution in [0.1, 0.15) is 11.4 Å². The summed E-state index contributed by atoms with van der Waals surface area (Å²) in [5.41, 5.74) is 7.47. The summed E-state index contributed by atoms with van der Waals surface area (Å²) in [6, 6.07) is 12.3. The molecule has 0 saturated carbocycles. The zero-order chi connectivity index (χ0) is 14.8. The van der Waals surface area contributed by atoms with Crippen molar-refractivity contribution >= 4 is 17.3 Å². The van der Waals surface area contributed by atoms with Gasteiger partial charge in [0.25, 0.3) is 5.89 Å². The van der Waals surface area contributed by atoms with Gasteiger partial charge in [0.1, 0.15) is 5.75 Å². The highest BCUT2D eigenvalue weighted by atomic mass is 35.5. The highest BCUT2D eigenvalue weighted by Gasteiger charge is 2.11. The quantitative estimate of drug-likeness (QED) is 0.573. The molecular weight excluding hydrogens is 290 g/mol. The lowest BCUT2D eigenvalue weighted by Gasteiger charge is -1.99. The first-order valence-corrected chi connectivity index (χ1v) is 6.65. The summed E-state index contributed by atoms with van der Waals surface area (Å²) in [6.07, 6.45) is 0.519. The normalized spacial score (nSPS) is 10.7. The number of nitrogen functional groups attached to an aromatic ring is 1. The third-order valence-corrected chi connectivity index (χ3v) is 3.23. The fourth-order valence-electron chi connectivity index (χ4n) is 1.95. The number of phenolic OH excluding ortho intramolecular Hbond substituents is 1. The number of aromatic nitrogens is 2. The Balaban J connectivity index is 1.84. The Hall–Kier alpha value is -2.53. The molecule has 5 nitrogen and oxygen atoms in total. The van der Waals surface area contributed by atoms with Crippen LogP contribution >= 0.6 is 11.6 Å². The molecule has 1 aromatic heterocycles. The number of phenols is 1. The van der Waals surface area contributed by atoms with E-state index in [0.717, 1.165) is 5.56 Å². The van der Waals surface area contributed by atoms with Crippen LogP contribution in [0.3, 0.4) is 0 Å². The predicted molar refractivity (Wildman–Crippen MR) is 80.1 cm³/mol. The summed E-state index contributed by atoms with van der Waals surface area (Å²) in [7, 11) is 0. The Morgan fingerprint density at radius 2 is 2.05 bits per heavy atom. The van der Waals surface area contributed by atoms with Crippen molar-refractivity contribution in [2.45, 2.75) is 6.42 Å². The van der Waals surface area contributed by atoms with Gasteiger partial charge in [-0.25, -0.2) is 0 Å². The summed E-state index contributed by atoms with van der Waals surface area (Å²) in [5.74, 6) is 0.869. The van der Waals surface area contributed by atoms with Crippen molar-refractivity contribution in [2.75, 3.05) is 5.73 Å². The van der Waals surface area contributed by atoms with Crippen molar-refractivity contribution in [2.24, 2.45) is 0 Å². The molecule has 3 N–H and O–H groups in total. The number of benzene rings is 2. The molecule has 3 rings (SSSR count). The Bertz CT molecular complexity index is 786. The molecule has 106 valence electrons. The molecular formula is C15H12ClN3O2. The molecule has 0 radical (unpaired) electrons. The van der Waals surface area contributed by atoms with E-state index >= 15 is 0 Å². The maximum atomic E-state index is 9.60. The average molecular weight is 302 g/mol. The van der Waals surface area contributed by atoms with Crippen LogP contribution < -0.4 is 5.73 Å². The number of rotatable bonds is 3. The molecule has 2 aromatic carbocycles. The minimum absolute atomic E-state index is 0.0120. The van der Waals surface area contributed by atoms with E-state index in [1.807, 2.05) is 24.3 Å². The second-order valence-electron chi connectivity index (χ2n) is 4.60. The zero-order valence-electron chi connectivity index (χ0n) is 11.0. The van der Waals surface area contributed by atoms with E-state index in [1.165, 1.54) is 6.07 Å². The van der Waals surface area contributed by atoms with Gasteiger partial charge in [0, 0.05) is 17.0 Å². The molecule has 1 heterocycles. The van der Waals surface area contributed by atoms with Gasteiger partial charge in [-0.15, -0.1) is 0 Å². The minimum atomic E-state index is -0.0120. The van der Waals surface area contributed by atoms with Gasteiger partial charge >= 0.3 is 0 Å². The van der Waals surface area contributed by atoms with Crippen LogP contribution in [-0.4, -0.2) is 15.2 Å². The fourth-order valence-corrected chi connectivity index (χ4v) is 2.16. The lowest BCUT2D eigenvalue weighted by atomic mass is 10.1. The van der Waals surface area contributed by atoms with Crippen molar-refractivity contribution in [1.82, 2.24) is 10.1 Å². The topological polar surface area (TPSA) is 85.2 Å². The van der Waals surface area contributed by atoms with Crippen LogP contribution in [0.15, 0.2) is 47.0 Å². The molecule has 0 bridgehead atoms. The summed E-state index contributed by atoms with van der Waals surface area (Å²) in [5, 5.41) is 14.2. The molecule has 0 amide bonds. The maximum Gasteiger partial charge on any atom is 0.258 e. The van der Waals surface area contributed by atoms with Gasteiger partial charge < -0.3 is 15.4 Å². The molecule has 0 aliphatic heterocycles. The average Bonchev–Trinajstić information content (AvgIpc) is 2.90. The molecule has 0 aliphatic carbocycles. The number of halogens is 1. The van der Waals surface area contributed by atoms with Crippen LogP contribution in [0.2, 0.25) is 5.02 Å². The SMILES string of the molecule is Nc1ccc(-c2nc(Cc3cccc(Cl)c3)no2)cc1O. The van der Waals surface area contributed by atoms with Crippen molar-refractivity contribution < 1.29 is 9.63 Å². The van der Waals surface area contributed by atoms with Gasteiger partial charge in [0.05, 0.1) is 5.69 Å². The molecule has 21 heavy (non-hydrogen) atoms.